The monoisotopic (exact) mass is 367 g/mol. The maximum Gasteiger partial charge on any atom is 0.311 e. The highest BCUT2D eigenvalue weighted by atomic mass is 35.5. The third-order valence-electron chi connectivity index (χ3n) is 4.00. The molecule has 0 heterocycles. The van der Waals surface area contributed by atoms with Gasteiger partial charge in [0.2, 0.25) is 0 Å². The van der Waals surface area contributed by atoms with Crippen LogP contribution in [0.25, 0.3) is 0 Å². The molecule has 24 heavy (non-hydrogen) atoms. The molecule has 0 aliphatic heterocycles. The molecule has 0 spiro atoms. The highest BCUT2D eigenvalue weighted by molar-refractivity contribution is 6.42. The molecule has 0 bridgehead atoms. The van der Waals surface area contributed by atoms with E-state index in [0.717, 1.165) is 5.56 Å². The van der Waals surface area contributed by atoms with E-state index >= 15 is 0 Å². The van der Waals surface area contributed by atoms with E-state index in [0.29, 0.717) is 17.1 Å². The predicted molar refractivity (Wildman–Crippen MR) is 95.3 cm³/mol. The summed E-state index contributed by atoms with van der Waals surface area (Å²) in [5, 5.41) is 24.0. The van der Waals surface area contributed by atoms with Crippen LogP contribution < -0.4 is 5.32 Å². The van der Waals surface area contributed by atoms with Crippen LogP contribution in [0.4, 0.5) is 0 Å². The molecular weight excluding hydrogens is 349 g/mol. The quantitative estimate of drug-likeness (QED) is 0.697. The molecule has 0 unspecified atom stereocenters. The SMILES string of the molecule is C[C@@](O)(c1ccc(Cl)c(Cl)c1)[C@@H](CNCc1ccccc1)C(=O)O. The molecule has 0 amide bonds. The van der Waals surface area contributed by atoms with Crippen molar-refractivity contribution < 1.29 is 15.0 Å². The Bertz CT molecular complexity index is 705. The highest BCUT2D eigenvalue weighted by Crippen LogP contribution is 2.33. The minimum Gasteiger partial charge on any atom is -0.481 e. The smallest absolute Gasteiger partial charge is 0.311 e. The minimum atomic E-state index is -1.59. The van der Waals surface area contributed by atoms with E-state index in [-0.39, 0.29) is 11.6 Å². The Morgan fingerprint density at radius 2 is 1.83 bits per heavy atom. The first-order valence-electron chi connectivity index (χ1n) is 7.47. The van der Waals surface area contributed by atoms with E-state index in [1.165, 1.54) is 13.0 Å². The molecule has 128 valence electrons. The number of carboxylic acid groups (broad SMARTS) is 1. The van der Waals surface area contributed by atoms with E-state index in [1.807, 2.05) is 30.3 Å². The Hall–Kier alpha value is -1.59. The first-order valence-corrected chi connectivity index (χ1v) is 8.23. The number of carbonyl (C=O) groups is 1. The summed E-state index contributed by atoms with van der Waals surface area (Å²) in [5.74, 6) is -2.13. The normalized spacial score (nSPS) is 14.8. The summed E-state index contributed by atoms with van der Waals surface area (Å²) >= 11 is 11.9. The number of nitrogens with one attached hydrogen (secondary N) is 1. The number of aliphatic hydroxyl groups is 1. The van der Waals surface area contributed by atoms with Crippen molar-refractivity contribution in [1.82, 2.24) is 5.32 Å². The molecule has 2 atom stereocenters. The summed E-state index contributed by atoms with van der Waals surface area (Å²) in [6.45, 7) is 2.09. The zero-order valence-electron chi connectivity index (χ0n) is 13.2. The molecule has 0 fully saturated rings. The van der Waals surface area contributed by atoms with Crippen molar-refractivity contribution in [2.24, 2.45) is 5.92 Å². The van der Waals surface area contributed by atoms with Crippen LogP contribution in [0.3, 0.4) is 0 Å². The minimum absolute atomic E-state index is 0.109. The van der Waals surface area contributed by atoms with Gasteiger partial charge in [-0.3, -0.25) is 4.79 Å². The standard InChI is InChI=1S/C18H19Cl2NO3/c1-18(24,13-7-8-15(19)16(20)9-13)14(17(22)23)11-21-10-12-5-3-2-4-6-12/h2-9,14,21,24H,10-11H2,1H3,(H,22,23)/t14-,18+/m0/s1. The van der Waals surface area contributed by atoms with Gasteiger partial charge in [0, 0.05) is 13.1 Å². The second-order valence-electron chi connectivity index (χ2n) is 5.78. The van der Waals surface area contributed by atoms with Gasteiger partial charge in [-0.1, -0.05) is 59.6 Å². The van der Waals surface area contributed by atoms with Gasteiger partial charge >= 0.3 is 5.97 Å². The molecule has 4 nitrogen and oxygen atoms in total. The summed E-state index contributed by atoms with van der Waals surface area (Å²) in [4.78, 5) is 11.7. The fraction of sp³-hybridized carbons (Fsp3) is 0.278. The van der Waals surface area contributed by atoms with Crippen LogP contribution in [0.1, 0.15) is 18.1 Å². The Labute approximate surface area is 151 Å². The molecule has 0 radical (unpaired) electrons. The average molecular weight is 368 g/mol. The van der Waals surface area contributed by atoms with Crippen molar-refractivity contribution in [3.63, 3.8) is 0 Å². The molecular formula is C18H19Cl2NO3. The van der Waals surface area contributed by atoms with Gasteiger partial charge in [-0.2, -0.15) is 0 Å². The van der Waals surface area contributed by atoms with Crippen LogP contribution in [0.5, 0.6) is 0 Å². The first kappa shape index (κ1) is 18.7. The summed E-state index contributed by atoms with van der Waals surface area (Å²) in [6.07, 6.45) is 0. The van der Waals surface area contributed by atoms with Gasteiger partial charge in [0.1, 0.15) is 11.5 Å². The van der Waals surface area contributed by atoms with E-state index in [9.17, 15) is 15.0 Å². The van der Waals surface area contributed by atoms with Crippen molar-refractivity contribution in [1.29, 1.82) is 0 Å². The Morgan fingerprint density at radius 1 is 1.17 bits per heavy atom. The largest absolute Gasteiger partial charge is 0.481 e. The second kappa shape index (κ2) is 7.99. The van der Waals surface area contributed by atoms with Crippen LogP contribution in [0.15, 0.2) is 48.5 Å². The fourth-order valence-corrected chi connectivity index (χ4v) is 2.79. The van der Waals surface area contributed by atoms with Crippen molar-refractivity contribution in [3.8, 4) is 0 Å². The van der Waals surface area contributed by atoms with Gasteiger partial charge in [0.05, 0.1) is 10.0 Å². The Morgan fingerprint density at radius 3 is 2.42 bits per heavy atom. The lowest BCUT2D eigenvalue weighted by atomic mass is 9.82. The Kier molecular flexibility index (Phi) is 6.24. The summed E-state index contributed by atoms with van der Waals surface area (Å²) in [7, 11) is 0. The average Bonchev–Trinajstić information content (AvgIpc) is 2.54. The Balaban J connectivity index is 2.12. The van der Waals surface area contributed by atoms with Gasteiger partial charge in [-0.15, -0.1) is 0 Å². The molecule has 2 rings (SSSR count). The maximum atomic E-state index is 11.7. The molecule has 3 N–H and O–H groups in total. The summed E-state index contributed by atoms with van der Waals surface area (Å²) in [6, 6.07) is 14.3. The number of aliphatic carboxylic acids is 1. The molecule has 0 saturated carbocycles. The van der Waals surface area contributed by atoms with Crippen LogP contribution in [0.2, 0.25) is 10.0 Å². The lowest BCUT2D eigenvalue weighted by Gasteiger charge is -2.31. The van der Waals surface area contributed by atoms with Gasteiger partial charge in [0.15, 0.2) is 0 Å². The maximum absolute atomic E-state index is 11.7. The lowest BCUT2D eigenvalue weighted by Crippen LogP contribution is -2.43. The zero-order valence-corrected chi connectivity index (χ0v) is 14.7. The third-order valence-corrected chi connectivity index (χ3v) is 4.74. The fourth-order valence-electron chi connectivity index (χ4n) is 2.50. The van der Waals surface area contributed by atoms with Crippen LogP contribution >= 0.6 is 23.2 Å². The van der Waals surface area contributed by atoms with E-state index in [4.69, 9.17) is 23.2 Å². The van der Waals surface area contributed by atoms with Gasteiger partial charge in [0.25, 0.3) is 0 Å². The molecule has 0 aromatic heterocycles. The van der Waals surface area contributed by atoms with Crippen LogP contribution in [-0.2, 0) is 16.9 Å². The van der Waals surface area contributed by atoms with Crippen molar-refractivity contribution in [3.05, 3.63) is 69.7 Å². The van der Waals surface area contributed by atoms with Crippen LogP contribution in [0, 0.1) is 5.92 Å². The third kappa shape index (κ3) is 4.48. The zero-order chi connectivity index (χ0) is 17.7. The number of hydrogen-bond donors (Lipinski definition) is 3. The first-order chi connectivity index (χ1) is 11.3. The summed E-state index contributed by atoms with van der Waals surface area (Å²) in [5.41, 5.74) is -0.148. The number of carboxylic acids is 1. The molecule has 6 heteroatoms. The molecule has 2 aromatic carbocycles. The van der Waals surface area contributed by atoms with E-state index in [1.54, 1.807) is 12.1 Å². The topological polar surface area (TPSA) is 69.6 Å². The predicted octanol–water partition coefficient (Wildman–Crippen LogP) is 3.69. The van der Waals surface area contributed by atoms with Crippen molar-refractivity contribution >= 4 is 29.2 Å². The van der Waals surface area contributed by atoms with E-state index < -0.39 is 17.5 Å². The summed E-state index contributed by atoms with van der Waals surface area (Å²) < 4.78 is 0. The number of halogens is 2. The molecule has 0 aliphatic rings. The molecule has 2 aromatic rings. The van der Waals surface area contributed by atoms with Gasteiger partial charge in [-0.25, -0.2) is 0 Å². The highest BCUT2D eigenvalue weighted by Gasteiger charge is 2.39. The molecule has 0 aliphatic carbocycles. The van der Waals surface area contributed by atoms with Gasteiger partial charge < -0.3 is 15.5 Å². The second-order valence-corrected chi connectivity index (χ2v) is 6.60. The van der Waals surface area contributed by atoms with Crippen LogP contribution in [-0.4, -0.2) is 22.7 Å². The number of rotatable bonds is 7. The van der Waals surface area contributed by atoms with E-state index in [2.05, 4.69) is 5.32 Å². The number of hydrogen-bond acceptors (Lipinski definition) is 3. The number of benzene rings is 2. The molecule has 0 saturated heterocycles. The lowest BCUT2D eigenvalue weighted by molar-refractivity contribution is -0.151. The van der Waals surface area contributed by atoms with Crippen molar-refractivity contribution in [2.45, 2.75) is 19.1 Å². The van der Waals surface area contributed by atoms with Gasteiger partial charge in [-0.05, 0) is 30.2 Å². The van der Waals surface area contributed by atoms with Crippen molar-refractivity contribution in [2.75, 3.05) is 6.54 Å².